The van der Waals surface area contributed by atoms with Crippen molar-refractivity contribution in [2.24, 2.45) is 0 Å². The molecule has 0 heterocycles. The summed E-state index contributed by atoms with van der Waals surface area (Å²) < 4.78 is 104. The molecule has 0 radical (unpaired) electrons. The van der Waals surface area contributed by atoms with Gasteiger partial charge in [-0.1, -0.05) is 0 Å². The van der Waals surface area contributed by atoms with Crippen molar-refractivity contribution in [3.8, 4) is 33.4 Å². The Morgan fingerprint density at radius 3 is 0.845 bits per heavy atom. The van der Waals surface area contributed by atoms with Gasteiger partial charge in [0.25, 0.3) is 0 Å². The second kappa shape index (κ2) is 16.3. The van der Waals surface area contributed by atoms with Crippen LogP contribution >= 0.6 is 0 Å². The molecule has 13 heteroatoms. The Labute approximate surface area is 354 Å². The molecule has 0 amide bonds. The third-order valence-electron chi connectivity index (χ3n) is 10.8. The SMILES string of the molecule is Cc1cc(S(=O)(=O)[O][Bi]([O]S(=O)(=O)c2cc(C)c3cc(C(C)C)ccc(C)c2-3)[O]S(=O)(=O)c2cc(C)c3cc(C(C)C)ccc(C)c2-3)c2c(C)ccc(C(C)C)cc1-2. The van der Waals surface area contributed by atoms with Crippen molar-refractivity contribution in [1.29, 1.82) is 0 Å². The third-order valence-corrected chi connectivity index (χ3v) is 25.5. The van der Waals surface area contributed by atoms with Crippen LogP contribution in [0.25, 0.3) is 33.4 Å². The molecule has 0 aromatic heterocycles. The topological polar surface area (TPSA) is 130 Å². The second-order valence-corrected chi connectivity index (χ2v) is 27.6. The van der Waals surface area contributed by atoms with Crippen molar-refractivity contribution in [2.45, 2.75) is 116 Å². The van der Waals surface area contributed by atoms with Crippen molar-refractivity contribution in [3.63, 3.8) is 0 Å². The van der Waals surface area contributed by atoms with Gasteiger partial charge in [0.1, 0.15) is 0 Å². The van der Waals surface area contributed by atoms with Crippen LogP contribution in [0.3, 0.4) is 0 Å². The molecule has 0 aliphatic heterocycles. The molecule has 0 saturated heterocycles. The van der Waals surface area contributed by atoms with E-state index in [2.05, 4.69) is 0 Å². The van der Waals surface area contributed by atoms with Crippen molar-refractivity contribution in [1.82, 2.24) is 0 Å². The number of hydrogen-bond donors (Lipinski definition) is 0. The first kappa shape index (κ1) is 44.3. The minimum atomic E-state index is -5.70. The molecular weight excluding hydrogens is 990 g/mol. The molecule has 308 valence electrons. The van der Waals surface area contributed by atoms with Gasteiger partial charge in [0, 0.05) is 0 Å². The number of aryl methyl sites for hydroxylation is 6. The molecule has 0 unspecified atom stereocenters. The first-order valence-corrected chi connectivity index (χ1v) is 27.7. The Morgan fingerprint density at radius 1 is 0.379 bits per heavy atom. The van der Waals surface area contributed by atoms with Gasteiger partial charge in [0.15, 0.2) is 0 Å². The van der Waals surface area contributed by atoms with Crippen LogP contribution in [-0.2, 0) is 37.1 Å². The first-order valence-electron chi connectivity index (χ1n) is 19.2. The van der Waals surface area contributed by atoms with E-state index in [1.165, 1.54) is 18.2 Å². The van der Waals surface area contributed by atoms with E-state index >= 15 is 0 Å². The average molecular weight is 1040 g/mol. The van der Waals surface area contributed by atoms with E-state index in [1.54, 1.807) is 41.5 Å². The van der Waals surface area contributed by atoms with Gasteiger partial charge >= 0.3 is 357 Å². The van der Waals surface area contributed by atoms with Gasteiger partial charge in [-0.15, -0.1) is 0 Å². The van der Waals surface area contributed by atoms with E-state index in [0.29, 0.717) is 66.8 Å². The molecule has 0 aromatic rings. The Balaban J connectivity index is 1.50. The van der Waals surface area contributed by atoms with Crippen molar-refractivity contribution in [2.75, 3.05) is 0 Å². The Hall–Kier alpha value is -3.29. The standard InChI is InChI=1S/3C15H18O3S.Bi/c3*1-9(2)12-6-5-10(3)15-13(8-12)11(4)7-14(15)19(16,17)18;/h3*5-9H,1-4H3,(H,16,17,18);/q;;;+3/p-3. The minimum absolute atomic E-state index is 0.149. The number of hydrogen-bond acceptors (Lipinski definition) is 9. The normalized spacial score (nSPS) is 13.0. The Bertz CT molecular complexity index is 2500. The molecular formula is C45H51BiO9S3. The first-order chi connectivity index (χ1) is 26.9. The van der Waals surface area contributed by atoms with Gasteiger partial charge in [-0.25, -0.2) is 0 Å². The molecule has 58 heavy (non-hydrogen) atoms. The van der Waals surface area contributed by atoms with Crippen LogP contribution in [0.5, 0.6) is 0 Å². The summed E-state index contributed by atoms with van der Waals surface area (Å²) in [6.45, 7) is 22.9. The zero-order chi connectivity index (χ0) is 42.8. The summed E-state index contributed by atoms with van der Waals surface area (Å²) in [5.74, 6) is 0.446. The molecule has 6 rings (SSSR count). The maximum atomic E-state index is 14.5. The summed E-state index contributed by atoms with van der Waals surface area (Å²) in [4.78, 5) is -0.701. The molecule has 0 saturated carbocycles. The summed E-state index contributed by atoms with van der Waals surface area (Å²) in [5.41, 5.74) is 9.97. The van der Waals surface area contributed by atoms with Gasteiger partial charge in [0.2, 0.25) is 0 Å². The van der Waals surface area contributed by atoms with Crippen molar-refractivity contribution in [3.05, 3.63) is 123 Å². The van der Waals surface area contributed by atoms with Crippen LogP contribution in [0.4, 0.5) is 0 Å². The quantitative estimate of drug-likeness (QED) is 0.110. The predicted molar refractivity (Wildman–Crippen MR) is 230 cm³/mol. The average Bonchev–Trinajstić information content (AvgIpc) is 3.59. The van der Waals surface area contributed by atoms with Crippen LogP contribution in [0.1, 0.15) is 109 Å². The van der Waals surface area contributed by atoms with E-state index in [-0.39, 0.29) is 32.4 Å². The Morgan fingerprint density at radius 2 is 0.621 bits per heavy atom. The van der Waals surface area contributed by atoms with Crippen LogP contribution in [-0.4, -0.2) is 48.3 Å². The van der Waals surface area contributed by atoms with E-state index < -0.39 is 53.4 Å². The Kier molecular flexibility index (Phi) is 12.4. The van der Waals surface area contributed by atoms with E-state index in [4.69, 9.17) is 6.78 Å². The van der Waals surface area contributed by atoms with Crippen molar-refractivity contribution < 1.29 is 32.0 Å². The third kappa shape index (κ3) is 8.51. The predicted octanol–water partition coefficient (Wildman–Crippen LogP) is 10.7. The van der Waals surface area contributed by atoms with E-state index in [0.717, 1.165) is 16.7 Å². The summed E-state index contributed by atoms with van der Waals surface area (Å²) in [6, 6.07) is 21.4. The summed E-state index contributed by atoms with van der Waals surface area (Å²) in [5, 5.41) is 0. The van der Waals surface area contributed by atoms with Gasteiger partial charge in [-0.3, -0.25) is 0 Å². The molecule has 0 bridgehead atoms. The van der Waals surface area contributed by atoms with Crippen molar-refractivity contribution >= 4 is 53.4 Å². The summed E-state index contributed by atoms with van der Waals surface area (Å²) in [7, 11) is -14.7. The van der Waals surface area contributed by atoms with Gasteiger partial charge in [-0.2, -0.15) is 0 Å². The molecule has 6 aliphatic rings. The fraction of sp³-hybridized carbons (Fsp3) is 0.333. The van der Waals surface area contributed by atoms with E-state index in [1.807, 2.05) is 96.1 Å². The van der Waals surface area contributed by atoms with Gasteiger partial charge in [0.05, 0.1) is 0 Å². The van der Waals surface area contributed by atoms with E-state index in [9.17, 15) is 25.3 Å². The zero-order valence-corrected chi connectivity index (χ0v) is 40.9. The maximum absolute atomic E-state index is 14.5. The zero-order valence-electron chi connectivity index (χ0n) is 35.0. The molecule has 0 spiro atoms. The molecule has 0 N–H and O–H groups in total. The summed E-state index contributed by atoms with van der Waals surface area (Å²) in [6.07, 6.45) is 0. The second-order valence-electron chi connectivity index (χ2n) is 16.2. The van der Waals surface area contributed by atoms with Gasteiger partial charge in [-0.05, 0) is 0 Å². The van der Waals surface area contributed by atoms with Crippen LogP contribution in [0.15, 0.2) is 87.5 Å². The molecule has 0 fully saturated rings. The fourth-order valence-electron chi connectivity index (χ4n) is 7.43. The number of fused-ring (bicyclic) bond motifs is 3. The molecule has 0 aromatic carbocycles. The molecule has 0 atom stereocenters. The van der Waals surface area contributed by atoms with Crippen LogP contribution in [0.2, 0.25) is 0 Å². The fourth-order valence-corrected chi connectivity index (χ4v) is 22.0. The molecule has 6 aliphatic carbocycles. The van der Waals surface area contributed by atoms with Crippen LogP contribution in [0, 0.1) is 41.5 Å². The monoisotopic (exact) mass is 1040 g/mol. The molecule has 9 nitrogen and oxygen atoms in total. The number of rotatable bonds is 12. The van der Waals surface area contributed by atoms with Crippen LogP contribution < -0.4 is 0 Å². The summed E-state index contributed by atoms with van der Waals surface area (Å²) >= 11 is -5.70. The van der Waals surface area contributed by atoms with Gasteiger partial charge < -0.3 is 0 Å².